The maximum atomic E-state index is 14.3. The van der Waals surface area contributed by atoms with Crippen molar-refractivity contribution in [1.29, 1.82) is 0 Å². The van der Waals surface area contributed by atoms with Gasteiger partial charge in [-0.1, -0.05) is 17.3 Å². The van der Waals surface area contributed by atoms with Crippen molar-refractivity contribution in [3.63, 3.8) is 0 Å². The second kappa shape index (κ2) is 8.65. The molecule has 0 aliphatic heterocycles. The molecule has 7 saturated carbocycles. The minimum atomic E-state index is -1.03. The third-order valence-electron chi connectivity index (χ3n) is 11.1. The average molecular weight is 561 g/mol. The van der Waals surface area contributed by atoms with Crippen molar-refractivity contribution in [3.8, 4) is 11.3 Å². The molecular formula is C32H37FN4O4. The van der Waals surface area contributed by atoms with Crippen LogP contribution in [0.1, 0.15) is 102 Å². The van der Waals surface area contributed by atoms with Crippen LogP contribution < -0.4 is 10.7 Å². The van der Waals surface area contributed by atoms with Crippen LogP contribution in [-0.4, -0.2) is 32.8 Å². The van der Waals surface area contributed by atoms with Crippen molar-refractivity contribution >= 4 is 11.6 Å². The number of aryl methyl sites for hydroxylation is 1. The molecule has 10 rings (SSSR count). The van der Waals surface area contributed by atoms with Crippen LogP contribution in [0.2, 0.25) is 0 Å². The van der Waals surface area contributed by atoms with Crippen molar-refractivity contribution in [2.75, 3.05) is 11.4 Å². The zero-order valence-electron chi connectivity index (χ0n) is 23.7. The number of fused-ring (bicyclic) bond motifs is 3. The fourth-order valence-electron chi connectivity index (χ4n) is 8.46. The Bertz CT molecular complexity index is 1540. The number of rotatable bonds is 9. The lowest BCUT2D eigenvalue weighted by Gasteiger charge is -2.66. The lowest BCUT2D eigenvalue weighted by molar-refractivity contribution is -0.215. The van der Waals surface area contributed by atoms with Crippen LogP contribution in [0.5, 0.6) is 0 Å². The number of aromatic nitrogens is 3. The van der Waals surface area contributed by atoms with Crippen molar-refractivity contribution in [3.05, 3.63) is 52.7 Å². The van der Waals surface area contributed by atoms with Crippen LogP contribution in [0.15, 0.2) is 44.2 Å². The monoisotopic (exact) mass is 560 g/mol. The Hall–Kier alpha value is -3.23. The third-order valence-corrected chi connectivity index (χ3v) is 11.1. The Balaban J connectivity index is 1.06. The van der Waals surface area contributed by atoms with Crippen molar-refractivity contribution in [2.45, 2.75) is 108 Å². The van der Waals surface area contributed by atoms with E-state index in [1.165, 1.54) is 4.57 Å². The Labute approximate surface area is 238 Å². The lowest BCUT2D eigenvalue weighted by Crippen LogP contribution is -2.65. The Morgan fingerprint density at radius 1 is 1.10 bits per heavy atom. The van der Waals surface area contributed by atoms with Gasteiger partial charge in [-0.2, -0.15) is 4.98 Å². The van der Waals surface area contributed by atoms with Gasteiger partial charge in [0.1, 0.15) is 5.67 Å². The van der Waals surface area contributed by atoms with E-state index in [1.807, 2.05) is 36.1 Å². The van der Waals surface area contributed by atoms with Gasteiger partial charge in [-0.3, -0.25) is 9.36 Å². The summed E-state index contributed by atoms with van der Waals surface area (Å²) in [5.74, 6) is 2.35. The molecule has 0 unspecified atom stereocenters. The molecule has 4 bridgehead atoms. The SMILES string of the molecule is CCn1cc(-c2cccc(N(CC34CCC(c5nc(C6CC6)no5)(CC3)CC4)C(=O)CC34CC(F)(C3)C4)c2)oc1=O. The molecule has 0 spiro atoms. The van der Waals surface area contributed by atoms with Crippen molar-refractivity contribution in [1.82, 2.24) is 14.7 Å². The number of carbonyl (C=O) groups excluding carboxylic acids is 1. The summed E-state index contributed by atoms with van der Waals surface area (Å²) in [5, 5.41) is 4.30. The summed E-state index contributed by atoms with van der Waals surface area (Å²) >= 11 is 0. The fourth-order valence-corrected chi connectivity index (χ4v) is 8.46. The van der Waals surface area contributed by atoms with Gasteiger partial charge in [-0.15, -0.1) is 0 Å². The van der Waals surface area contributed by atoms with E-state index in [1.54, 1.807) is 6.20 Å². The largest absolute Gasteiger partial charge is 0.419 e. The van der Waals surface area contributed by atoms with E-state index in [4.69, 9.17) is 13.9 Å². The highest BCUT2D eigenvalue weighted by Crippen LogP contribution is 2.71. The Morgan fingerprint density at radius 2 is 1.83 bits per heavy atom. The molecule has 7 aliphatic rings. The molecule has 2 heterocycles. The van der Waals surface area contributed by atoms with Crippen LogP contribution in [0.4, 0.5) is 10.1 Å². The quantitative estimate of drug-likeness (QED) is 0.305. The average Bonchev–Trinajstić information content (AvgIpc) is 3.55. The molecule has 9 heteroatoms. The summed E-state index contributed by atoms with van der Waals surface area (Å²) in [7, 11) is 0. The number of benzene rings is 1. The first kappa shape index (κ1) is 25.5. The summed E-state index contributed by atoms with van der Waals surface area (Å²) in [6.45, 7) is 3.07. The summed E-state index contributed by atoms with van der Waals surface area (Å²) in [4.78, 5) is 33.0. The molecular weight excluding hydrogens is 523 g/mol. The highest BCUT2D eigenvalue weighted by Gasteiger charge is 2.69. The van der Waals surface area contributed by atoms with E-state index < -0.39 is 5.67 Å². The molecule has 1 amide bonds. The minimum Gasteiger partial charge on any atom is -0.408 e. The first-order chi connectivity index (χ1) is 19.7. The Morgan fingerprint density at radius 3 is 2.46 bits per heavy atom. The number of alkyl halides is 1. The van der Waals surface area contributed by atoms with E-state index in [-0.39, 0.29) is 27.9 Å². The van der Waals surface area contributed by atoms with Crippen LogP contribution in [0.3, 0.4) is 0 Å². The van der Waals surface area contributed by atoms with Crippen LogP contribution in [0.25, 0.3) is 11.3 Å². The van der Waals surface area contributed by atoms with Gasteiger partial charge in [0.15, 0.2) is 11.6 Å². The van der Waals surface area contributed by atoms with E-state index in [0.29, 0.717) is 50.5 Å². The van der Waals surface area contributed by atoms with Gasteiger partial charge in [0.05, 0.1) is 6.20 Å². The van der Waals surface area contributed by atoms with E-state index in [0.717, 1.165) is 74.3 Å². The fraction of sp³-hybridized carbons (Fsp3) is 0.625. The third kappa shape index (κ3) is 4.13. The molecule has 8 nitrogen and oxygen atoms in total. The molecule has 0 N–H and O–H groups in total. The number of nitrogens with zero attached hydrogens (tertiary/aromatic N) is 4. The molecule has 0 radical (unpaired) electrons. The number of amides is 1. The molecule has 0 atom stereocenters. The lowest BCUT2D eigenvalue weighted by atomic mass is 9.41. The molecule has 2 aromatic heterocycles. The summed E-state index contributed by atoms with van der Waals surface area (Å²) < 4.78 is 27.2. The van der Waals surface area contributed by atoms with Gasteiger partial charge in [-0.25, -0.2) is 9.18 Å². The van der Waals surface area contributed by atoms with E-state index in [9.17, 15) is 14.0 Å². The molecule has 7 aliphatic carbocycles. The zero-order chi connectivity index (χ0) is 28.0. The highest BCUT2D eigenvalue weighted by molar-refractivity contribution is 5.95. The van der Waals surface area contributed by atoms with Crippen molar-refractivity contribution < 1.29 is 18.1 Å². The standard InChI is InChI=1S/C32H37FN4O4/c1-2-36-16-24(40-28(36)39)22-4-3-5-23(14-22)37(25(38)15-30-17-32(33,18-30)19-30)20-29-8-11-31(12-9-29,13-10-29)27-34-26(35-41-27)21-6-7-21/h3-5,14,16,21H,2,6-13,15,17-20H2,1H3. The number of hydrogen-bond donors (Lipinski definition) is 0. The number of halogens is 1. The number of anilines is 1. The predicted molar refractivity (Wildman–Crippen MR) is 149 cm³/mol. The molecule has 0 saturated heterocycles. The maximum absolute atomic E-state index is 14.3. The summed E-state index contributed by atoms with van der Waals surface area (Å²) in [6.07, 6.45) is 11.9. The molecule has 1 aromatic carbocycles. The van der Waals surface area contributed by atoms with E-state index >= 15 is 0 Å². The molecule has 216 valence electrons. The minimum absolute atomic E-state index is 0.0194. The number of carbonyl (C=O) groups is 1. The zero-order valence-corrected chi connectivity index (χ0v) is 23.7. The van der Waals surface area contributed by atoms with Crippen molar-refractivity contribution in [2.24, 2.45) is 10.8 Å². The number of hydrogen-bond acceptors (Lipinski definition) is 6. The normalized spacial score (nSPS) is 33.3. The van der Waals surface area contributed by atoms with Gasteiger partial charge in [0.25, 0.3) is 0 Å². The first-order valence-electron chi connectivity index (χ1n) is 15.4. The smallest absolute Gasteiger partial charge is 0.408 e. The molecule has 7 fully saturated rings. The summed E-state index contributed by atoms with van der Waals surface area (Å²) in [6, 6.07) is 7.76. The van der Waals surface area contributed by atoms with Gasteiger partial charge in [-0.05, 0) is 101 Å². The second-order valence-corrected chi connectivity index (χ2v) is 14.0. The van der Waals surface area contributed by atoms with Gasteiger partial charge in [0, 0.05) is 42.1 Å². The van der Waals surface area contributed by atoms with Gasteiger partial charge in [0.2, 0.25) is 11.8 Å². The molecule has 41 heavy (non-hydrogen) atoms. The second-order valence-electron chi connectivity index (χ2n) is 14.0. The molecule has 3 aromatic rings. The van der Waals surface area contributed by atoms with Crippen LogP contribution in [-0.2, 0) is 16.8 Å². The predicted octanol–water partition coefficient (Wildman–Crippen LogP) is 6.30. The maximum Gasteiger partial charge on any atom is 0.419 e. The van der Waals surface area contributed by atoms with Crippen LogP contribution >= 0.6 is 0 Å². The van der Waals surface area contributed by atoms with Gasteiger partial charge >= 0.3 is 5.76 Å². The first-order valence-corrected chi connectivity index (χ1v) is 15.4. The summed E-state index contributed by atoms with van der Waals surface area (Å²) in [5.41, 5.74) is 0.356. The highest BCUT2D eigenvalue weighted by atomic mass is 19.1. The Kier molecular flexibility index (Phi) is 5.37. The van der Waals surface area contributed by atoms with Gasteiger partial charge < -0.3 is 13.8 Å². The topological polar surface area (TPSA) is 94.4 Å². The van der Waals surface area contributed by atoms with Crippen LogP contribution in [0, 0.1) is 10.8 Å². The van der Waals surface area contributed by atoms with E-state index in [2.05, 4.69) is 5.16 Å². The number of oxazole rings is 1.